The Labute approximate surface area is 103 Å². The average molecular weight is 294 g/mol. The third kappa shape index (κ3) is 4.02. The maximum Gasteiger partial charge on any atom is 0.241 e. The van der Waals surface area contributed by atoms with Crippen LogP contribution < -0.4 is 0 Å². The summed E-state index contributed by atoms with van der Waals surface area (Å²) in [6, 6.07) is 0. The van der Waals surface area contributed by atoms with Crippen LogP contribution in [0.2, 0.25) is 0 Å². The molecule has 0 aromatic carbocycles. The molecular weight excluding hydrogens is 284 g/mol. The Morgan fingerprint density at radius 3 is 1.32 bits per heavy atom. The Balaban J connectivity index is 5.31. The summed E-state index contributed by atoms with van der Waals surface area (Å²) in [4.78, 5) is 20.6. The molecule has 14 heteroatoms. The lowest BCUT2D eigenvalue weighted by Gasteiger charge is -2.33. The summed E-state index contributed by atoms with van der Waals surface area (Å²) in [5.41, 5.74) is -3.52. The molecule has 0 radical (unpaired) electrons. The maximum atomic E-state index is 12.7. The van der Waals surface area contributed by atoms with Gasteiger partial charge in [0, 0.05) is 0 Å². The molecule has 0 rings (SSSR count). The molecule has 0 saturated heterocycles. The number of halogens is 4. The van der Waals surface area contributed by atoms with Crippen molar-refractivity contribution in [1.29, 1.82) is 0 Å². The van der Waals surface area contributed by atoms with Crippen molar-refractivity contribution in [1.82, 2.24) is 20.7 Å². The molecule has 0 bridgehead atoms. The highest BCUT2D eigenvalue weighted by Crippen LogP contribution is 2.25. The Morgan fingerprint density at radius 2 is 1.16 bits per heavy atom. The van der Waals surface area contributed by atoms with E-state index in [4.69, 9.17) is 0 Å². The zero-order valence-corrected chi connectivity index (χ0v) is 9.74. The van der Waals surface area contributed by atoms with Crippen LogP contribution in [0.15, 0.2) is 0 Å². The van der Waals surface area contributed by atoms with Gasteiger partial charge in [-0.2, -0.15) is 0 Å². The molecule has 0 aliphatic heterocycles. The monoisotopic (exact) mass is 294 g/mol. The number of likely N-dealkylation sites (N-methyl/N-ethyl adjacent to an activating group) is 2. The van der Waals surface area contributed by atoms with E-state index in [0.717, 1.165) is 0 Å². The number of hydrogen-bond donors (Lipinski definition) is 0. The van der Waals surface area contributed by atoms with E-state index >= 15 is 0 Å². The fourth-order valence-corrected chi connectivity index (χ4v) is 1.17. The normalized spacial score (nSPS) is 11.8. The Morgan fingerprint density at radius 1 is 0.895 bits per heavy atom. The van der Waals surface area contributed by atoms with Crippen LogP contribution in [0.5, 0.6) is 0 Å². The van der Waals surface area contributed by atoms with Crippen molar-refractivity contribution in [2.75, 3.05) is 27.2 Å². The summed E-state index contributed by atoms with van der Waals surface area (Å²) < 4.78 is 50.7. The van der Waals surface area contributed by atoms with Gasteiger partial charge in [0.15, 0.2) is 10.1 Å². The molecule has 0 aromatic rings. The first-order valence-corrected chi connectivity index (χ1v) is 4.49. The summed E-state index contributed by atoms with van der Waals surface area (Å²) in [7, 11) is 1.35. The molecule has 0 fully saturated rings. The molecule has 112 valence electrons. The van der Waals surface area contributed by atoms with Crippen LogP contribution in [0.4, 0.5) is 17.9 Å². The summed E-state index contributed by atoms with van der Waals surface area (Å²) >= 11 is 0. The van der Waals surface area contributed by atoms with E-state index in [2.05, 4.69) is 0 Å². The second-order valence-electron chi connectivity index (χ2n) is 3.56. The average Bonchev–Trinajstić information content (AvgIpc) is 2.26. The quantitative estimate of drug-likeness (QED) is 0.204. The topological polar surface area (TPSA) is 99.2 Å². The Kier molecular flexibility index (Phi) is 5.63. The van der Waals surface area contributed by atoms with Crippen molar-refractivity contribution in [3.63, 3.8) is 0 Å². The Bertz CT molecular complexity index is 312. The highest BCUT2D eigenvalue weighted by atomic mass is 19.4. The van der Waals surface area contributed by atoms with Crippen LogP contribution in [0.25, 0.3) is 0 Å². The van der Waals surface area contributed by atoms with Gasteiger partial charge in [-0.1, -0.05) is 17.9 Å². The van der Waals surface area contributed by atoms with Gasteiger partial charge in [-0.05, 0) is 0 Å². The molecule has 0 saturated carbocycles. The van der Waals surface area contributed by atoms with Crippen molar-refractivity contribution in [2.24, 2.45) is 0 Å². The lowest BCUT2D eigenvalue weighted by molar-refractivity contribution is -0.667. The first-order valence-electron chi connectivity index (χ1n) is 4.49. The largest absolute Gasteiger partial charge is 0.241 e. The SMILES string of the molecule is CN(CC(CN(C)[N+](=O)[O-])(N(F)F)N(F)F)[N+](=O)[O-]. The zero-order chi connectivity index (χ0) is 15.4. The third-order valence-electron chi connectivity index (χ3n) is 2.15. The van der Waals surface area contributed by atoms with Gasteiger partial charge in [-0.25, -0.2) is 20.2 Å². The van der Waals surface area contributed by atoms with Crippen LogP contribution in [0.3, 0.4) is 0 Å². The first-order chi connectivity index (χ1) is 8.54. The molecule has 19 heavy (non-hydrogen) atoms. The highest BCUT2D eigenvalue weighted by Gasteiger charge is 2.53. The van der Waals surface area contributed by atoms with Gasteiger partial charge in [0.25, 0.3) is 0 Å². The van der Waals surface area contributed by atoms with Crippen molar-refractivity contribution in [3.8, 4) is 0 Å². The number of hydrogen-bond acceptors (Lipinski definition) is 6. The lowest BCUT2D eigenvalue weighted by Crippen LogP contribution is -2.62. The standard InChI is InChI=1S/C5H10F4N6O4/c1-10(14(16)17)3-5(12(6)7,13(8)9)4-11(2)15(18)19/h3-4H2,1-2H3. The first kappa shape index (κ1) is 17.0. The van der Waals surface area contributed by atoms with E-state index in [0.29, 0.717) is 14.1 Å². The molecule has 0 atom stereocenters. The van der Waals surface area contributed by atoms with E-state index in [1.807, 2.05) is 0 Å². The minimum atomic E-state index is -3.52. The van der Waals surface area contributed by atoms with Gasteiger partial charge >= 0.3 is 0 Å². The lowest BCUT2D eigenvalue weighted by atomic mass is 10.2. The van der Waals surface area contributed by atoms with Crippen LogP contribution in [-0.4, -0.2) is 63.6 Å². The third-order valence-corrected chi connectivity index (χ3v) is 2.15. The predicted molar refractivity (Wildman–Crippen MR) is 50.1 cm³/mol. The molecule has 0 aliphatic carbocycles. The van der Waals surface area contributed by atoms with E-state index < -0.39 is 39.5 Å². The number of nitro groups is 2. The van der Waals surface area contributed by atoms with Crippen LogP contribution in [0, 0.1) is 20.2 Å². The Hall–Kier alpha value is -1.96. The number of hydrazine groups is 2. The molecule has 0 amide bonds. The van der Waals surface area contributed by atoms with Crippen molar-refractivity contribution >= 4 is 0 Å². The van der Waals surface area contributed by atoms with Crippen molar-refractivity contribution in [2.45, 2.75) is 5.66 Å². The minimum Gasteiger partial charge on any atom is -0.235 e. The minimum absolute atomic E-state index is 0.0356. The summed E-state index contributed by atoms with van der Waals surface area (Å²) in [6.07, 6.45) is 0. The molecule has 0 unspecified atom stereocenters. The molecule has 0 heterocycles. The van der Waals surface area contributed by atoms with Crippen LogP contribution in [0.1, 0.15) is 0 Å². The van der Waals surface area contributed by atoms with Gasteiger partial charge in [0.05, 0.1) is 24.8 Å². The van der Waals surface area contributed by atoms with Gasteiger partial charge in [0.1, 0.15) is 13.1 Å². The van der Waals surface area contributed by atoms with E-state index in [1.54, 1.807) is 0 Å². The van der Waals surface area contributed by atoms with E-state index in [1.165, 1.54) is 0 Å². The van der Waals surface area contributed by atoms with Gasteiger partial charge in [0.2, 0.25) is 5.66 Å². The highest BCUT2D eigenvalue weighted by molar-refractivity contribution is 4.81. The van der Waals surface area contributed by atoms with Crippen LogP contribution in [-0.2, 0) is 0 Å². The van der Waals surface area contributed by atoms with Gasteiger partial charge in [-0.3, -0.25) is 0 Å². The molecular formula is C5H10F4N6O4. The molecule has 0 aliphatic rings. The predicted octanol–water partition coefficient (Wildman–Crippen LogP) is 0.0717. The summed E-state index contributed by atoms with van der Waals surface area (Å²) in [5, 5.41) is 14.1. The second-order valence-corrected chi connectivity index (χ2v) is 3.56. The van der Waals surface area contributed by atoms with Crippen LogP contribution >= 0.6 is 0 Å². The van der Waals surface area contributed by atoms with E-state index in [-0.39, 0.29) is 10.0 Å². The smallest absolute Gasteiger partial charge is 0.235 e. The van der Waals surface area contributed by atoms with Gasteiger partial charge in [-0.15, -0.1) is 10.0 Å². The maximum absolute atomic E-state index is 12.7. The molecule has 0 aromatic heterocycles. The fourth-order valence-electron chi connectivity index (χ4n) is 1.17. The molecule has 0 N–H and O–H groups in total. The van der Waals surface area contributed by atoms with E-state index in [9.17, 15) is 38.2 Å². The summed E-state index contributed by atoms with van der Waals surface area (Å²) in [6.45, 7) is -2.95. The molecule has 0 spiro atoms. The molecule has 10 nitrogen and oxygen atoms in total. The number of nitrogens with zero attached hydrogens (tertiary/aromatic N) is 6. The zero-order valence-electron chi connectivity index (χ0n) is 9.74. The second kappa shape index (κ2) is 6.28. The fraction of sp³-hybridized carbons (Fsp3) is 1.00. The van der Waals surface area contributed by atoms with Gasteiger partial charge < -0.3 is 0 Å². The summed E-state index contributed by atoms with van der Waals surface area (Å²) in [5.74, 6) is 0. The van der Waals surface area contributed by atoms with Crippen molar-refractivity contribution < 1.29 is 28.0 Å². The number of rotatable bonds is 8. The van der Waals surface area contributed by atoms with Crippen molar-refractivity contribution in [3.05, 3.63) is 20.2 Å².